The standard InChI is InChI=1S/C20H26N4O2S/c1-13(25)23-19(15-3-7-17(21)8-4-15)11-27-12-20(24-14(2)26)16-5-9-18(22)10-6-16/h3-10,19-20H,11-12,21-22H2,1-2H3,(H,23,25)(H,24,26). The van der Waals surface area contributed by atoms with Gasteiger partial charge in [-0.2, -0.15) is 11.8 Å². The van der Waals surface area contributed by atoms with Gasteiger partial charge in [-0.15, -0.1) is 0 Å². The van der Waals surface area contributed by atoms with E-state index in [1.807, 2.05) is 48.5 Å². The lowest BCUT2D eigenvalue weighted by Gasteiger charge is -2.22. The normalized spacial score (nSPS) is 12.8. The SMILES string of the molecule is CC(=O)NC(CSCC(NC(C)=O)c1ccc(N)cc1)c1ccc(N)cc1. The molecule has 6 nitrogen and oxygen atoms in total. The summed E-state index contributed by atoms with van der Waals surface area (Å²) in [5.41, 5.74) is 14.9. The van der Waals surface area contributed by atoms with Crippen molar-refractivity contribution in [1.82, 2.24) is 10.6 Å². The Morgan fingerprint density at radius 3 is 1.41 bits per heavy atom. The summed E-state index contributed by atoms with van der Waals surface area (Å²) < 4.78 is 0. The number of nitrogens with two attached hydrogens (primary N) is 2. The van der Waals surface area contributed by atoms with Gasteiger partial charge in [0.2, 0.25) is 11.8 Å². The Hall–Kier alpha value is -2.67. The number of carbonyl (C=O) groups excluding carboxylic acids is 2. The Labute approximate surface area is 164 Å². The first-order valence-electron chi connectivity index (χ1n) is 8.68. The summed E-state index contributed by atoms with van der Waals surface area (Å²) in [5.74, 6) is 1.17. The van der Waals surface area contributed by atoms with E-state index < -0.39 is 0 Å². The van der Waals surface area contributed by atoms with E-state index in [-0.39, 0.29) is 23.9 Å². The first-order chi connectivity index (χ1) is 12.8. The minimum atomic E-state index is -0.127. The molecule has 0 aromatic heterocycles. The van der Waals surface area contributed by atoms with E-state index in [2.05, 4.69) is 10.6 Å². The summed E-state index contributed by atoms with van der Waals surface area (Å²) in [4.78, 5) is 23.2. The van der Waals surface area contributed by atoms with Crippen LogP contribution in [0.3, 0.4) is 0 Å². The third-order valence-corrected chi connectivity index (χ3v) is 5.14. The highest BCUT2D eigenvalue weighted by Gasteiger charge is 2.17. The second kappa shape index (κ2) is 9.87. The maximum absolute atomic E-state index is 11.6. The molecule has 6 N–H and O–H groups in total. The third-order valence-electron chi connectivity index (χ3n) is 4.00. The molecular weight excluding hydrogens is 360 g/mol. The zero-order chi connectivity index (χ0) is 19.8. The molecule has 7 heteroatoms. The maximum Gasteiger partial charge on any atom is 0.217 e. The largest absolute Gasteiger partial charge is 0.399 e. The fraction of sp³-hybridized carbons (Fsp3) is 0.300. The summed E-state index contributed by atoms with van der Waals surface area (Å²) in [7, 11) is 0. The van der Waals surface area contributed by atoms with Crippen LogP contribution in [0.5, 0.6) is 0 Å². The number of thioether (sulfide) groups is 1. The molecule has 2 aromatic rings. The van der Waals surface area contributed by atoms with Gasteiger partial charge in [-0.05, 0) is 35.4 Å². The second-order valence-corrected chi connectivity index (χ2v) is 7.45. The molecule has 0 spiro atoms. The number of hydrogen-bond acceptors (Lipinski definition) is 5. The molecule has 0 aliphatic heterocycles. The van der Waals surface area contributed by atoms with Crippen molar-refractivity contribution >= 4 is 35.0 Å². The van der Waals surface area contributed by atoms with E-state index in [9.17, 15) is 9.59 Å². The number of anilines is 2. The summed E-state index contributed by atoms with van der Waals surface area (Å²) in [6, 6.07) is 14.7. The number of nitrogen functional groups attached to an aromatic ring is 2. The molecule has 2 atom stereocenters. The third kappa shape index (κ3) is 6.86. The van der Waals surface area contributed by atoms with Crippen molar-refractivity contribution < 1.29 is 9.59 Å². The number of carbonyl (C=O) groups is 2. The molecule has 0 bridgehead atoms. The highest BCUT2D eigenvalue weighted by Crippen LogP contribution is 2.24. The molecule has 0 fully saturated rings. The molecule has 144 valence electrons. The average Bonchev–Trinajstić information content (AvgIpc) is 2.61. The van der Waals surface area contributed by atoms with Crippen molar-refractivity contribution in [2.75, 3.05) is 23.0 Å². The zero-order valence-electron chi connectivity index (χ0n) is 15.6. The molecule has 2 unspecified atom stereocenters. The molecule has 0 saturated heterocycles. The van der Waals surface area contributed by atoms with Crippen molar-refractivity contribution in [2.45, 2.75) is 25.9 Å². The Kier molecular flexibility index (Phi) is 7.55. The minimum Gasteiger partial charge on any atom is -0.399 e. The Morgan fingerprint density at radius 2 is 1.11 bits per heavy atom. The average molecular weight is 387 g/mol. The van der Waals surface area contributed by atoms with Gasteiger partial charge < -0.3 is 22.1 Å². The second-order valence-electron chi connectivity index (χ2n) is 6.38. The molecule has 2 rings (SSSR count). The van der Waals surface area contributed by atoms with Crippen LogP contribution in [0.1, 0.15) is 37.1 Å². The Bertz CT molecular complexity index is 697. The fourth-order valence-corrected chi connectivity index (χ4v) is 3.85. The highest BCUT2D eigenvalue weighted by atomic mass is 32.2. The predicted octanol–water partition coefficient (Wildman–Crippen LogP) is 2.64. The summed E-state index contributed by atoms with van der Waals surface area (Å²) in [5, 5.41) is 5.95. The number of hydrogen-bond donors (Lipinski definition) is 4. The van der Waals surface area contributed by atoms with Crippen molar-refractivity contribution in [2.24, 2.45) is 0 Å². The van der Waals surface area contributed by atoms with E-state index in [1.165, 1.54) is 13.8 Å². The molecule has 0 radical (unpaired) electrons. The van der Waals surface area contributed by atoms with Crippen molar-refractivity contribution in [3.63, 3.8) is 0 Å². The van der Waals surface area contributed by atoms with Gasteiger partial charge in [0.25, 0.3) is 0 Å². The monoisotopic (exact) mass is 386 g/mol. The van der Waals surface area contributed by atoms with E-state index in [1.54, 1.807) is 11.8 Å². The zero-order valence-corrected chi connectivity index (χ0v) is 16.4. The quantitative estimate of drug-likeness (QED) is 0.521. The lowest BCUT2D eigenvalue weighted by molar-refractivity contribution is -0.120. The molecule has 27 heavy (non-hydrogen) atoms. The topological polar surface area (TPSA) is 110 Å². The van der Waals surface area contributed by atoms with Gasteiger partial charge in [-0.3, -0.25) is 9.59 Å². The van der Waals surface area contributed by atoms with Gasteiger partial charge in [0, 0.05) is 36.7 Å². The van der Waals surface area contributed by atoms with Crippen molar-refractivity contribution in [1.29, 1.82) is 0 Å². The van der Waals surface area contributed by atoms with Crippen LogP contribution in [0.4, 0.5) is 11.4 Å². The van der Waals surface area contributed by atoms with Gasteiger partial charge in [-0.1, -0.05) is 24.3 Å². The first-order valence-corrected chi connectivity index (χ1v) is 9.83. The molecule has 0 saturated carbocycles. The Balaban J connectivity index is 2.04. The first kappa shape index (κ1) is 20.6. The van der Waals surface area contributed by atoms with Crippen LogP contribution in [0.25, 0.3) is 0 Å². The van der Waals surface area contributed by atoms with Crippen molar-refractivity contribution in [3.8, 4) is 0 Å². The predicted molar refractivity (Wildman–Crippen MR) is 112 cm³/mol. The van der Waals surface area contributed by atoms with Crippen LogP contribution >= 0.6 is 11.8 Å². The van der Waals surface area contributed by atoms with Gasteiger partial charge in [0.15, 0.2) is 0 Å². The fourth-order valence-electron chi connectivity index (χ4n) is 2.69. The molecule has 0 aliphatic carbocycles. The lowest BCUT2D eigenvalue weighted by Crippen LogP contribution is -2.30. The van der Waals surface area contributed by atoms with E-state index >= 15 is 0 Å². The molecule has 0 heterocycles. The maximum atomic E-state index is 11.6. The van der Waals surface area contributed by atoms with Crippen LogP contribution in [0.2, 0.25) is 0 Å². The van der Waals surface area contributed by atoms with Gasteiger partial charge >= 0.3 is 0 Å². The number of amides is 2. The minimum absolute atomic E-state index is 0.0885. The molecule has 2 aromatic carbocycles. The Morgan fingerprint density at radius 1 is 0.778 bits per heavy atom. The smallest absolute Gasteiger partial charge is 0.217 e. The summed E-state index contributed by atoms with van der Waals surface area (Å²) in [6.07, 6.45) is 0. The molecular formula is C20H26N4O2S. The van der Waals surface area contributed by atoms with Crippen LogP contribution in [0.15, 0.2) is 48.5 Å². The number of rotatable bonds is 8. The van der Waals surface area contributed by atoms with E-state index in [4.69, 9.17) is 11.5 Å². The lowest BCUT2D eigenvalue weighted by atomic mass is 10.1. The van der Waals surface area contributed by atoms with Crippen LogP contribution < -0.4 is 22.1 Å². The van der Waals surface area contributed by atoms with Crippen LogP contribution in [-0.2, 0) is 9.59 Å². The van der Waals surface area contributed by atoms with Crippen LogP contribution in [0, 0.1) is 0 Å². The molecule has 0 aliphatic rings. The van der Waals surface area contributed by atoms with Gasteiger partial charge in [0.1, 0.15) is 0 Å². The van der Waals surface area contributed by atoms with Gasteiger partial charge in [0.05, 0.1) is 12.1 Å². The van der Waals surface area contributed by atoms with E-state index in [0.29, 0.717) is 22.9 Å². The van der Waals surface area contributed by atoms with E-state index in [0.717, 1.165) is 11.1 Å². The van der Waals surface area contributed by atoms with Crippen LogP contribution in [-0.4, -0.2) is 23.3 Å². The highest BCUT2D eigenvalue weighted by molar-refractivity contribution is 7.99. The molecule has 2 amide bonds. The number of benzene rings is 2. The van der Waals surface area contributed by atoms with Gasteiger partial charge in [-0.25, -0.2) is 0 Å². The number of nitrogens with one attached hydrogen (secondary N) is 2. The van der Waals surface area contributed by atoms with Crippen molar-refractivity contribution in [3.05, 3.63) is 59.7 Å². The summed E-state index contributed by atoms with van der Waals surface area (Å²) >= 11 is 1.66. The summed E-state index contributed by atoms with van der Waals surface area (Å²) in [6.45, 7) is 3.01.